The van der Waals surface area contributed by atoms with E-state index in [1.54, 1.807) is 0 Å². The Balaban J connectivity index is 1.97. The molecule has 1 aliphatic heterocycles. The third kappa shape index (κ3) is 2.61. The first kappa shape index (κ1) is 11.6. The Hall–Kier alpha value is -0.910. The maximum atomic E-state index is 5.82. The number of hydrogen-bond acceptors (Lipinski definition) is 4. The van der Waals surface area contributed by atoms with Gasteiger partial charge >= 0.3 is 0 Å². The largest absolute Gasteiger partial charge is 0.336 e. The van der Waals surface area contributed by atoms with Crippen molar-refractivity contribution in [1.82, 2.24) is 20.0 Å². The van der Waals surface area contributed by atoms with Gasteiger partial charge < -0.3 is 10.3 Å². The van der Waals surface area contributed by atoms with Gasteiger partial charge in [-0.15, -0.1) is 0 Å². The summed E-state index contributed by atoms with van der Waals surface area (Å²) in [5.41, 5.74) is 10.5. The third-order valence-corrected chi connectivity index (χ3v) is 3.14. The average Bonchev–Trinajstić information content (AvgIpc) is 2.74. The number of hydrogen-bond donors (Lipinski definition) is 2. The molecular weight excluding hydrogens is 202 g/mol. The number of hydrazine groups is 1. The summed E-state index contributed by atoms with van der Waals surface area (Å²) in [6.45, 7) is 2.83. The molecule has 1 aliphatic rings. The number of piperidine rings is 1. The second-order valence-corrected chi connectivity index (χ2v) is 4.39. The molecule has 16 heavy (non-hydrogen) atoms. The third-order valence-electron chi connectivity index (χ3n) is 3.14. The fraction of sp³-hybridized carbons (Fsp3) is 0.727. The summed E-state index contributed by atoms with van der Waals surface area (Å²) < 4.78 is 2.02. The number of aryl methyl sites for hydroxylation is 1. The lowest BCUT2D eigenvalue weighted by Gasteiger charge is -2.31. The smallest absolute Gasteiger partial charge is 0.0946 e. The van der Waals surface area contributed by atoms with Gasteiger partial charge in [-0.05, 0) is 12.8 Å². The summed E-state index contributed by atoms with van der Waals surface area (Å²) >= 11 is 0. The first-order chi connectivity index (χ1) is 7.81. The molecule has 0 spiro atoms. The highest BCUT2D eigenvalue weighted by Crippen LogP contribution is 2.13. The normalized spacial score (nSPS) is 19.9. The van der Waals surface area contributed by atoms with Crippen molar-refractivity contribution >= 4 is 0 Å². The molecule has 1 saturated heterocycles. The second-order valence-electron chi connectivity index (χ2n) is 4.39. The molecule has 0 aromatic carbocycles. The zero-order valence-electron chi connectivity index (χ0n) is 9.89. The average molecular weight is 223 g/mol. The predicted octanol–water partition coefficient (Wildman–Crippen LogP) is 0.410. The summed E-state index contributed by atoms with van der Waals surface area (Å²) in [5.74, 6) is 0. The van der Waals surface area contributed by atoms with E-state index in [4.69, 9.17) is 5.73 Å². The van der Waals surface area contributed by atoms with Crippen LogP contribution in [0.25, 0.3) is 0 Å². The first-order valence-corrected chi connectivity index (χ1v) is 5.98. The van der Waals surface area contributed by atoms with Gasteiger partial charge in [0.05, 0.1) is 18.1 Å². The SMILES string of the molecule is Cn1cncc1C(CN)NN1CCCCC1. The number of rotatable bonds is 4. The van der Waals surface area contributed by atoms with Gasteiger partial charge in [-0.1, -0.05) is 6.42 Å². The summed E-state index contributed by atoms with van der Waals surface area (Å²) in [6.07, 6.45) is 7.59. The van der Waals surface area contributed by atoms with Gasteiger partial charge in [0.1, 0.15) is 0 Å². The molecule has 2 heterocycles. The van der Waals surface area contributed by atoms with Crippen LogP contribution in [-0.2, 0) is 7.05 Å². The van der Waals surface area contributed by atoms with Gasteiger partial charge in [-0.2, -0.15) is 0 Å². The number of nitrogens with zero attached hydrogens (tertiary/aromatic N) is 3. The van der Waals surface area contributed by atoms with Crippen molar-refractivity contribution in [3.05, 3.63) is 18.2 Å². The maximum absolute atomic E-state index is 5.82. The fourth-order valence-electron chi connectivity index (χ4n) is 2.19. The van der Waals surface area contributed by atoms with Crippen molar-refractivity contribution < 1.29 is 0 Å². The Morgan fingerprint density at radius 3 is 2.75 bits per heavy atom. The Kier molecular flexibility index (Phi) is 3.93. The van der Waals surface area contributed by atoms with Crippen LogP contribution in [0.2, 0.25) is 0 Å². The topological polar surface area (TPSA) is 59.1 Å². The van der Waals surface area contributed by atoms with Crippen LogP contribution in [0.1, 0.15) is 31.0 Å². The summed E-state index contributed by atoms with van der Waals surface area (Å²) in [7, 11) is 2.00. The molecule has 5 heteroatoms. The summed E-state index contributed by atoms with van der Waals surface area (Å²) in [5, 5.41) is 2.29. The van der Waals surface area contributed by atoms with Gasteiger partial charge in [0, 0.05) is 32.9 Å². The molecule has 5 nitrogen and oxygen atoms in total. The van der Waals surface area contributed by atoms with Crippen LogP contribution in [0.15, 0.2) is 12.5 Å². The van der Waals surface area contributed by atoms with Gasteiger partial charge in [-0.25, -0.2) is 15.4 Å². The molecule has 1 unspecified atom stereocenters. The molecule has 0 amide bonds. The highest BCUT2D eigenvalue weighted by molar-refractivity contribution is 5.05. The van der Waals surface area contributed by atoms with Crippen LogP contribution in [-0.4, -0.2) is 34.2 Å². The second kappa shape index (κ2) is 5.43. The van der Waals surface area contributed by atoms with Crippen molar-refractivity contribution in [2.24, 2.45) is 12.8 Å². The molecule has 1 aromatic heterocycles. The molecule has 0 radical (unpaired) electrons. The molecule has 0 bridgehead atoms. The zero-order chi connectivity index (χ0) is 11.4. The van der Waals surface area contributed by atoms with Gasteiger partial charge in [0.25, 0.3) is 0 Å². The summed E-state index contributed by atoms with van der Waals surface area (Å²) in [6, 6.07) is 0.172. The standard InChI is InChI=1S/C11H21N5/c1-15-9-13-8-11(15)10(7-12)14-16-5-3-2-4-6-16/h8-10,14H,2-7,12H2,1H3. The molecule has 3 N–H and O–H groups in total. The van der Waals surface area contributed by atoms with Crippen LogP contribution in [0, 0.1) is 0 Å². The van der Waals surface area contributed by atoms with E-state index in [0.29, 0.717) is 6.54 Å². The van der Waals surface area contributed by atoms with E-state index in [9.17, 15) is 0 Å². The summed E-state index contributed by atoms with van der Waals surface area (Å²) in [4.78, 5) is 4.13. The Morgan fingerprint density at radius 2 is 2.19 bits per heavy atom. The highest BCUT2D eigenvalue weighted by atomic mass is 15.5. The van der Waals surface area contributed by atoms with E-state index in [1.807, 2.05) is 24.1 Å². The van der Waals surface area contributed by atoms with Gasteiger partial charge in [0.15, 0.2) is 0 Å². The number of nitrogens with two attached hydrogens (primary N) is 1. The van der Waals surface area contributed by atoms with E-state index < -0.39 is 0 Å². The molecule has 1 aromatic rings. The van der Waals surface area contributed by atoms with E-state index >= 15 is 0 Å². The number of nitrogens with one attached hydrogen (secondary N) is 1. The minimum Gasteiger partial charge on any atom is -0.336 e. The van der Waals surface area contributed by atoms with Crippen molar-refractivity contribution in [2.45, 2.75) is 25.3 Å². The Bertz CT molecular complexity index is 316. The van der Waals surface area contributed by atoms with Crippen LogP contribution in [0.4, 0.5) is 0 Å². The van der Waals surface area contributed by atoms with Gasteiger partial charge in [0.2, 0.25) is 0 Å². The van der Waals surface area contributed by atoms with Gasteiger partial charge in [-0.3, -0.25) is 0 Å². The Labute approximate surface area is 96.6 Å². The first-order valence-electron chi connectivity index (χ1n) is 5.98. The number of imidazole rings is 1. The van der Waals surface area contributed by atoms with Crippen LogP contribution >= 0.6 is 0 Å². The lowest BCUT2D eigenvalue weighted by atomic mass is 10.1. The van der Waals surface area contributed by atoms with E-state index in [2.05, 4.69) is 15.4 Å². The zero-order valence-corrected chi connectivity index (χ0v) is 9.89. The van der Waals surface area contributed by atoms with Crippen molar-refractivity contribution in [3.63, 3.8) is 0 Å². The molecule has 0 aliphatic carbocycles. The lowest BCUT2D eigenvalue weighted by Crippen LogP contribution is -2.46. The van der Waals surface area contributed by atoms with Crippen LogP contribution in [0.3, 0.4) is 0 Å². The lowest BCUT2D eigenvalue weighted by molar-refractivity contribution is 0.128. The molecule has 2 rings (SSSR count). The van der Waals surface area contributed by atoms with Crippen molar-refractivity contribution in [3.8, 4) is 0 Å². The highest BCUT2D eigenvalue weighted by Gasteiger charge is 2.17. The molecule has 1 fully saturated rings. The maximum Gasteiger partial charge on any atom is 0.0946 e. The van der Waals surface area contributed by atoms with Crippen LogP contribution < -0.4 is 11.2 Å². The molecule has 1 atom stereocenters. The van der Waals surface area contributed by atoms with Crippen LogP contribution in [0.5, 0.6) is 0 Å². The molecule has 90 valence electrons. The minimum absolute atomic E-state index is 0.172. The van der Waals surface area contributed by atoms with Crippen molar-refractivity contribution in [1.29, 1.82) is 0 Å². The Morgan fingerprint density at radius 1 is 1.44 bits per heavy atom. The van der Waals surface area contributed by atoms with E-state index in [1.165, 1.54) is 19.3 Å². The fourth-order valence-corrected chi connectivity index (χ4v) is 2.19. The monoisotopic (exact) mass is 223 g/mol. The van der Waals surface area contributed by atoms with E-state index in [0.717, 1.165) is 18.8 Å². The quantitative estimate of drug-likeness (QED) is 0.776. The molecular formula is C11H21N5. The predicted molar refractivity (Wildman–Crippen MR) is 63.6 cm³/mol. The minimum atomic E-state index is 0.172. The van der Waals surface area contributed by atoms with Crippen molar-refractivity contribution in [2.75, 3.05) is 19.6 Å². The number of aromatic nitrogens is 2. The molecule has 0 saturated carbocycles. The van der Waals surface area contributed by atoms with E-state index in [-0.39, 0.29) is 6.04 Å².